The molecule has 0 aliphatic heterocycles. The molecule has 2 aliphatic carbocycles. The van der Waals surface area contributed by atoms with Crippen LogP contribution in [0.4, 0.5) is 0 Å². The minimum Gasteiger partial charge on any atom is -0.355 e. The van der Waals surface area contributed by atoms with E-state index in [4.69, 9.17) is 0 Å². The zero-order chi connectivity index (χ0) is 14.6. The van der Waals surface area contributed by atoms with Gasteiger partial charge < -0.3 is 10.6 Å². The molecule has 20 heavy (non-hydrogen) atoms. The molecule has 116 valence electrons. The molecule has 0 saturated heterocycles. The number of carbonyl (C=O) groups is 1. The quantitative estimate of drug-likeness (QED) is 0.600. The van der Waals surface area contributed by atoms with Crippen LogP contribution in [0.1, 0.15) is 65.7 Å². The highest BCUT2D eigenvalue weighted by Gasteiger charge is 2.29. The summed E-state index contributed by atoms with van der Waals surface area (Å²) < 4.78 is 0. The Kier molecular flexibility index (Phi) is 5.48. The Labute approximate surface area is 124 Å². The third kappa shape index (κ3) is 5.08. The van der Waals surface area contributed by atoms with Crippen LogP contribution in [-0.2, 0) is 4.79 Å². The van der Waals surface area contributed by atoms with Crippen LogP contribution in [-0.4, -0.2) is 25.0 Å². The average molecular weight is 280 g/mol. The smallest absolute Gasteiger partial charge is 0.223 e. The van der Waals surface area contributed by atoms with Crippen molar-refractivity contribution in [1.29, 1.82) is 0 Å². The summed E-state index contributed by atoms with van der Waals surface area (Å²) >= 11 is 0. The zero-order valence-corrected chi connectivity index (χ0v) is 13.5. The molecule has 1 amide bonds. The van der Waals surface area contributed by atoms with Crippen LogP contribution in [0.3, 0.4) is 0 Å². The number of hydrogen-bond acceptors (Lipinski definition) is 2. The first-order valence-corrected chi connectivity index (χ1v) is 8.48. The highest BCUT2D eigenvalue weighted by Crippen LogP contribution is 2.36. The number of nitrogens with one attached hydrogen (secondary N) is 2. The summed E-state index contributed by atoms with van der Waals surface area (Å²) in [5.74, 6) is 1.46. The Bertz CT molecular complexity index is 317. The van der Waals surface area contributed by atoms with E-state index in [9.17, 15) is 4.79 Å². The molecule has 3 nitrogen and oxygen atoms in total. The second-order valence-electron chi connectivity index (χ2n) is 7.79. The molecule has 3 heteroatoms. The summed E-state index contributed by atoms with van der Waals surface area (Å²) in [6, 6.07) is 0.653. The molecule has 2 saturated carbocycles. The van der Waals surface area contributed by atoms with E-state index >= 15 is 0 Å². The third-order valence-electron chi connectivity index (χ3n) is 5.00. The van der Waals surface area contributed by atoms with Gasteiger partial charge in [-0.25, -0.2) is 0 Å². The van der Waals surface area contributed by atoms with Gasteiger partial charge in [0.15, 0.2) is 0 Å². The van der Waals surface area contributed by atoms with Crippen LogP contribution in [0, 0.1) is 17.3 Å². The van der Waals surface area contributed by atoms with Gasteiger partial charge in [0.2, 0.25) is 5.91 Å². The third-order valence-corrected chi connectivity index (χ3v) is 5.00. The second kappa shape index (κ2) is 6.93. The van der Waals surface area contributed by atoms with Crippen molar-refractivity contribution in [3.8, 4) is 0 Å². The van der Waals surface area contributed by atoms with E-state index in [0.29, 0.717) is 17.4 Å². The zero-order valence-electron chi connectivity index (χ0n) is 13.5. The lowest BCUT2D eigenvalue weighted by molar-refractivity contribution is -0.122. The fraction of sp³-hybridized carbons (Fsp3) is 0.941. The van der Waals surface area contributed by atoms with Crippen molar-refractivity contribution in [2.45, 2.75) is 71.8 Å². The molecule has 0 heterocycles. The Morgan fingerprint density at radius 2 is 1.75 bits per heavy atom. The minimum absolute atomic E-state index is 0.264. The maximum Gasteiger partial charge on any atom is 0.223 e. The molecule has 0 bridgehead atoms. The van der Waals surface area contributed by atoms with Crippen molar-refractivity contribution in [3.05, 3.63) is 0 Å². The van der Waals surface area contributed by atoms with Crippen molar-refractivity contribution < 1.29 is 4.79 Å². The molecule has 0 spiro atoms. The predicted molar refractivity (Wildman–Crippen MR) is 83.6 cm³/mol. The molecule has 0 aromatic rings. The fourth-order valence-electron chi connectivity index (χ4n) is 3.32. The van der Waals surface area contributed by atoms with Crippen molar-refractivity contribution in [1.82, 2.24) is 10.6 Å². The van der Waals surface area contributed by atoms with E-state index < -0.39 is 0 Å². The van der Waals surface area contributed by atoms with Crippen LogP contribution in [0.2, 0.25) is 0 Å². The van der Waals surface area contributed by atoms with Crippen molar-refractivity contribution in [3.63, 3.8) is 0 Å². The van der Waals surface area contributed by atoms with Crippen LogP contribution < -0.4 is 10.6 Å². The van der Waals surface area contributed by atoms with Gasteiger partial charge in [-0.05, 0) is 49.9 Å². The van der Waals surface area contributed by atoms with E-state index in [1.807, 2.05) is 0 Å². The van der Waals surface area contributed by atoms with Gasteiger partial charge in [0.25, 0.3) is 0 Å². The van der Waals surface area contributed by atoms with E-state index in [1.165, 1.54) is 32.1 Å². The van der Waals surface area contributed by atoms with E-state index in [2.05, 4.69) is 31.4 Å². The van der Waals surface area contributed by atoms with Crippen molar-refractivity contribution in [2.24, 2.45) is 17.3 Å². The van der Waals surface area contributed by atoms with Crippen LogP contribution in [0.15, 0.2) is 0 Å². The maximum atomic E-state index is 11.5. The molecule has 0 aromatic carbocycles. The lowest BCUT2D eigenvalue weighted by Gasteiger charge is -2.29. The number of carbonyl (C=O) groups excluding carboxylic acids is 1. The maximum absolute atomic E-state index is 11.5. The molecule has 0 radical (unpaired) electrons. The molecule has 2 unspecified atom stereocenters. The summed E-state index contributed by atoms with van der Waals surface area (Å²) in [7, 11) is 0. The SMILES string of the molecule is CC(C)(C)C1CCCC(NCCNC(=O)C2CC2)CC1. The monoisotopic (exact) mass is 280 g/mol. The molecule has 2 N–H and O–H groups in total. The van der Waals surface area contributed by atoms with Crippen molar-refractivity contribution >= 4 is 5.91 Å². The molecule has 2 rings (SSSR count). The summed E-state index contributed by atoms with van der Waals surface area (Å²) in [5.41, 5.74) is 0.452. The fourth-order valence-corrected chi connectivity index (χ4v) is 3.32. The van der Waals surface area contributed by atoms with Crippen LogP contribution in [0.5, 0.6) is 0 Å². The average Bonchev–Trinajstić information content (AvgIpc) is 3.19. The summed E-state index contributed by atoms with van der Waals surface area (Å²) in [4.78, 5) is 11.5. The Hall–Kier alpha value is -0.570. The number of amides is 1. The Balaban J connectivity index is 1.60. The minimum atomic E-state index is 0.264. The highest BCUT2D eigenvalue weighted by atomic mass is 16.2. The predicted octanol–water partition coefficient (Wildman–Crippen LogP) is 3.10. The van der Waals surface area contributed by atoms with Gasteiger partial charge in [-0.15, -0.1) is 0 Å². The van der Waals surface area contributed by atoms with Crippen LogP contribution in [0.25, 0.3) is 0 Å². The Morgan fingerprint density at radius 3 is 2.40 bits per heavy atom. The lowest BCUT2D eigenvalue weighted by Crippen LogP contribution is -2.37. The first kappa shape index (κ1) is 15.8. The van der Waals surface area contributed by atoms with E-state index in [1.54, 1.807) is 0 Å². The van der Waals surface area contributed by atoms with Gasteiger partial charge in [-0.3, -0.25) is 4.79 Å². The summed E-state index contributed by atoms with van der Waals surface area (Å²) in [5, 5.41) is 6.66. The standard InChI is InChI=1S/C17H32N2O/c1-17(2,3)14-5-4-6-15(10-9-14)18-11-12-19-16(20)13-7-8-13/h13-15,18H,4-12H2,1-3H3,(H,19,20). The van der Waals surface area contributed by atoms with Crippen LogP contribution >= 0.6 is 0 Å². The molecule has 0 aromatic heterocycles. The molecule has 2 fully saturated rings. The second-order valence-corrected chi connectivity index (χ2v) is 7.79. The van der Waals surface area contributed by atoms with Crippen molar-refractivity contribution in [2.75, 3.05) is 13.1 Å². The van der Waals surface area contributed by atoms with Gasteiger partial charge in [-0.1, -0.05) is 27.2 Å². The largest absolute Gasteiger partial charge is 0.355 e. The Morgan fingerprint density at radius 1 is 1.00 bits per heavy atom. The topological polar surface area (TPSA) is 41.1 Å². The summed E-state index contributed by atoms with van der Waals surface area (Å²) in [6.45, 7) is 8.83. The van der Waals surface area contributed by atoms with Gasteiger partial charge in [0.05, 0.1) is 0 Å². The van der Waals surface area contributed by atoms with E-state index in [0.717, 1.165) is 31.8 Å². The molecule has 2 aliphatic rings. The van der Waals surface area contributed by atoms with Gasteiger partial charge in [-0.2, -0.15) is 0 Å². The number of hydrogen-bond donors (Lipinski definition) is 2. The molecular weight excluding hydrogens is 248 g/mol. The summed E-state index contributed by atoms with van der Waals surface area (Å²) in [6.07, 6.45) is 8.83. The van der Waals surface area contributed by atoms with Gasteiger partial charge in [0.1, 0.15) is 0 Å². The molecular formula is C17H32N2O. The van der Waals surface area contributed by atoms with Gasteiger partial charge in [0, 0.05) is 25.0 Å². The highest BCUT2D eigenvalue weighted by molar-refractivity contribution is 5.80. The molecule has 2 atom stereocenters. The van der Waals surface area contributed by atoms with E-state index in [-0.39, 0.29) is 5.91 Å². The lowest BCUT2D eigenvalue weighted by atomic mass is 9.76. The van der Waals surface area contributed by atoms with Gasteiger partial charge >= 0.3 is 0 Å². The first-order chi connectivity index (χ1) is 9.47. The number of rotatable bonds is 5. The first-order valence-electron chi connectivity index (χ1n) is 8.48. The normalized spacial score (nSPS) is 27.9.